The van der Waals surface area contributed by atoms with E-state index < -0.39 is 0 Å². The summed E-state index contributed by atoms with van der Waals surface area (Å²) in [6.07, 6.45) is 3.00. The van der Waals surface area contributed by atoms with Gasteiger partial charge < -0.3 is 5.32 Å². The van der Waals surface area contributed by atoms with Gasteiger partial charge in [0.05, 0.1) is 30.3 Å². The number of aromatic amines is 1. The third-order valence-corrected chi connectivity index (χ3v) is 4.64. The quantitative estimate of drug-likeness (QED) is 0.581. The molecule has 0 spiro atoms. The number of aromatic nitrogens is 6. The van der Waals surface area contributed by atoms with Gasteiger partial charge in [0.15, 0.2) is 5.65 Å². The highest BCUT2D eigenvalue weighted by molar-refractivity contribution is 5.97. The van der Waals surface area contributed by atoms with Crippen molar-refractivity contribution in [3.8, 4) is 22.5 Å². The molecule has 8 heteroatoms. The predicted octanol–water partition coefficient (Wildman–Crippen LogP) is 2.43. The second kappa shape index (κ2) is 5.70. The number of H-pyrrole nitrogens is 1. The fourth-order valence-corrected chi connectivity index (χ4v) is 3.50. The summed E-state index contributed by atoms with van der Waals surface area (Å²) < 4.78 is 15.4. The molecule has 0 unspecified atom stereocenters. The summed E-state index contributed by atoms with van der Waals surface area (Å²) in [7, 11) is 0. The first-order valence-corrected chi connectivity index (χ1v) is 8.44. The van der Waals surface area contributed by atoms with E-state index in [1.54, 1.807) is 12.3 Å². The van der Waals surface area contributed by atoms with Gasteiger partial charge in [0.1, 0.15) is 11.5 Å². The molecule has 5 heterocycles. The van der Waals surface area contributed by atoms with Gasteiger partial charge in [0.25, 0.3) is 0 Å². The van der Waals surface area contributed by atoms with Crippen LogP contribution < -0.4 is 5.32 Å². The molecule has 0 amide bonds. The van der Waals surface area contributed by atoms with Crippen molar-refractivity contribution in [1.82, 2.24) is 35.3 Å². The summed E-state index contributed by atoms with van der Waals surface area (Å²) in [5.74, 6) is -0.363. The zero-order valence-corrected chi connectivity index (χ0v) is 14.1. The van der Waals surface area contributed by atoms with Crippen LogP contribution in [-0.4, -0.2) is 36.5 Å². The molecule has 2 N–H and O–H groups in total. The van der Waals surface area contributed by atoms with E-state index in [0.29, 0.717) is 12.2 Å². The Hall–Kier alpha value is -3.13. The van der Waals surface area contributed by atoms with Crippen LogP contribution in [0.15, 0.2) is 30.6 Å². The Bertz CT molecular complexity index is 1110. The molecular weight excluding hydrogens is 333 g/mol. The lowest BCUT2D eigenvalue weighted by molar-refractivity contribution is 0.477. The van der Waals surface area contributed by atoms with E-state index in [-0.39, 0.29) is 5.82 Å². The van der Waals surface area contributed by atoms with E-state index in [2.05, 4.69) is 25.5 Å². The Kier molecular flexibility index (Phi) is 3.32. The van der Waals surface area contributed by atoms with Crippen molar-refractivity contribution in [3.05, 3.63) is 47.8 Å². The molecule has 0 aromatic carbocycles. The average Bonchev–Trinajstić information content (AvgIpc) is 3.26. The van der Waals surface area contributed by atoms with Crippen molar-refractivity contribution in [2.45, 2.75) is 20.0 Å². The van der Waals surface area contributed by atoms with Crippen molar-refractivity contribution >= 4 is 11.0 Å². The normalized spacial score (nSPS) is 13.9. The Morgan fingerprint density at radius 3 is 3.00 bits per heavy atom. The molecule has 0 saturated heterocycles. The second-order valence-corrected chi connectivity index (χ2v) is 6.38. The van der Waals surface area contributed by atoms with Crippen LogP contribution in [-0.2, 0) is 13.1 Å². The van der Waals surface area contributed by atoms with Crippen LogP contribution in [0.5, 0.6) is 0 Å². The number of hydrogen-bond donors (Lipinski definition) is 2. The van der Waals surface area contributed by atoms with Gasteiger partial charge in [0.2, 0.25) is 0 Å². The highest BCUT2D eigenvalue weighted by atomic mass is 19.1. The number of halogens is 1. The molecule has 7 nitrogen and oxygen atoms in total. The lowest BCUT2D eigenvalue weighted by atomic mass is 9.98. The van der Waals surface area contributed by atoms with E-state index in [0.717, 1.165) is 52.3 Å². The molecule has 0 fully saturated rings. The Morgan fingerprint density at radius 1 is 1.23 bits per heavy atom. The molecule has 4 aromatic heterocycles. The third-order valence-electron chi connectivity index (χ3n) is 4.64. The lowest BCUT2D eigenvalue weighted by Crippen LogP contribution is -2.28. The molecule has 0 saturated carbocycles. The Labute approximate surface area is 148 Å². The van der Waals surface area contributed by atoms with Crippen LogP contribution in [0.2, 0.25) is 0 Å². The second-order valence-electron chi connectivity index (χ2n) is 6.38. The van der Waals surface area contributed by atoms with Crippen molar-refractivity contribution in [3.63, 3.8) is 0 Å². The Morgan fingerprint density at radius 2 is 2.15 bits per heavy atom. The highest BCUT2D eigenvalue weighted by Crippen LogP contribution is 2.38. The summed E-state index contributed by atoms with van der Waals surface area (Å²) >= 11 is 0. The number of fused-ring (bicyclic) bond motifs is 2. The summed E-state index contributed by atoms with van der Waals surface area (Å²) in [6, 6.07) is 5.12. The van der Waals surface area contributed by atoms with Gasteiger partial charge in [-0.3, -0.25) is 14.8 Å². The van der Waals surface area contributed by atoms with Crippen molar-refractivity contribution in [2.24, 2.45) is 0 Å². The van der Waals surface area contributed by atoms with E-state index in [4.69, 9.17) is 5.10 Å². The molecule has 0 aliphatic carbocycles. The van der Waals surface area contributed by atoms with Gasteiger partial charge in [-0.05, 0) is 25.1 Å². The number of hydrogen-bond acceptors (Lipinski definition) is 5. The van der Waals surface area contributed by atoms with Gasteiger partial charge >= 0.3 is 0 Å². The number of nitrogens with one attached hydrogen (secondary N) is 2. The van der Waals surface area contributed by atoms with Crippen LogP contribution in [0, 0.1) is 12.7 Å². The fourth-order valence-electron chi connectivity index (χ4n) is 3.50. The van der Waals surface area contributed by atoms with E-state index >= 15 is 0 Å². The summed E-state index contributed by atoms with van der Waals surface area (Å²) in [4.78, 5) is 8.76. The molecular formula is C18H16FN7. The number of aryl methyl sites for hydroxylation is 1. The first-order valence-electron chi connectivity index (χ1n) is 8.44. The minimum Gasteiger partial charge on any atom is -0.309 e. The van der Waals surface area contributed by atoms with Crippen LogP contribution in [0.25, 0.3) is 33.5 Å². The van der Waals surface area contributed by atoms with Gasteiger partial charge in [-0.25, -0.2) is 9.37 Å². The van der Waals surface area contributed by atoms with Gasteiger partial charge in [-0.2, -0.15) is 10.2 Å². The van der Waals surface area contributed by atoms with Crippen LogP contribution in [0.3, 0.4) is 0 Å². The average molecular weight is 349 g/mol. The SMILES string of the molecule is Cc1cc(-c2c(-c3ccc(F)cn3)nn3c2CNCC3)c2cn[nH]c2n1. The van der Waals surface area contributed by atoms with Crippen molar-refractivity contribution in [1.29, 1.82) is 0 Å². The van der Waals surface area contributed by atoms with Crippen molar-refractivity contribution in [2.75, 3.05) is 6.54 Å². The van der Waals surface area contributed by atoms with Crippen LogP contribution >= 0.6 is 0 Å². The maximum atomic E-state index is 13.4. The third kappa shape index (κ3) is 2.30. The lowest BCUT2D eigenvalue weighted by Gasteiger charge is -2.16. The largest absolute Gasteiger partial charge is 0.309 e. The molecule has 1 aliphatic rings. The van der Waals surface area contributed by atoms with Crippen molar-refractivity contribution < 1.29 is 4.39 Å². The molecule has 0 bridgehead atoms. The Balaban J connectivity index is 1.83. The first-order chi connectivity index (χ1) is 12.7. The zero-order chi connectivity index (χ0) is 17.7. The molecule has 1 aliphatic heterocycles. The van der Waals surface area contributed by atoms with E-state index in [9.17, 15) is 4.39 Å². The summed E-state index contributed by atoms with van der Waals surface area (Å²) in [6.45, 7) is 4.31. The van der Waals surface area contributed by atoms with E-state index in [1.165, 1.54) is 12.3 Å². The summed E-state index contributed by atoms with van der Waals surface area (Å²) in [5.41, 5.74) is 6.11. The topological polar surface area (TPSA) is 84.3 Å². The first kappa shape index (κ1) is 15.2. The smallest absolute Gasteiger partial charge is 0.155 e. The maximum Gasteiger partial charge on any atom is 0.155 e. The maximum absolute atomic E-state index is 13.4. The van der Waals surface area contributed by atoms with Crippen LogP contribution in [0.1, 0.15) is 11.4 Å². The zero-order valence-electron chi connectivity index (χ0n) is 14.1. The predicted molar refractivity (Wildman–Crippen MR) is 94.7 cm³/mol. The number of nitrogens with zero attached hydrogens (tertiary/aromatic N) is 5. The minimum absolute atomic E-state index is 0.363. The van der Waals surface area contributed by atoms with Crippen LogP contribution in [0.4, 0.5) is 4.39 Å². The highest BCUT2D eigenvalue weighted by Gasteiger charge is 2.25. The van der Waals surface area contributed by atoms with Gasteiger partial charge in [0, 0.05) is 35.3 Å². The molecule has 130 valence electrons. The van der Waals surface area contributed by atoms with Gasteiger partial charge in [-0.15, -0.1) is 0 Å². The molecule has 26 heavy (non-hydrogen) atoms. The molecule has 0 atom stereocenters. The monoisotopic (exact) mass is 349 g/mol. The fraction of sp³-hybridized carbons (Fsp3) is 0.222. The van der Waals surface area contributed by atoms with Gasteiger partial charge in [-0.1, -0.05) is 0 Å². The minimum atomic E-state index is -0.363. The summed E-state index contributed by atoms with van der Waals surface area (Å²) in [5, 5.41) is 16.2. The number of pyridine rings is 2. The molecule has 0 radical (unpaired) electrons. The molecule has 4 aromatic rings. The molecule has 5 rings (SSSR count). The van der Waals surface area contributed by atoms with E-state index in [1.807, 2.05) is 17.7 Å². The standard InChI is InChI=1S/C18H16FN7/c1-10-6-12(13-8-22-24-18(13)23-10)16-15-9-20-4-5-26(15)25-17(16)14-3-2-11(19)7-21-14/h2-3,6-8,20H,4-5,9H2,1H3,(H,22,23,24). The number of rotatable bonds is 2.